The van der Waals surface area contributed by atoms with Crippen molar-refractivity contribution in [1.29, 1.82) is 0 Å². The summed E-state index contributed by atoms with van der Waals surface area (Å²) in [6.45, 7) is 7.11. The molecule has 0 unspecified atom stereocenters. The standard InChI is InChI=1S/C24H29N3O5S.ClH/c1-6-26(7-2)14-15-27(22(28)16-8-10-17(11-9-16)23(29)32-5)24-25-20-18(30-3)12-13-19(31-4)21(20)33-24;/h8-13H,6-7,14-15H2,1-5H3;1H. The number of hydrogen-bond acceptors (Lipinski definition) is 8. The van der Waals surface area contributed by atoms with E-state index in [-0.39, 0.29) is 18.3 Å². The van der Waals surface area contributed by atoms with Crippen LogP contribution >= 0.6 is 23.7 Å². The van der Waals surface area contributed by atoms with Gasteiger partial charge in [-0.2, -0.15) is 0 Å². The maximum absolute atomic E-state index is 13.6. The van der Waals surface area contributed by atoms with E-state index in [0.29, 0.717) is 46.4 Å². The SMILES string of the molecule is CCN(CC)CCN(C(=O)c1ccc(C(=O)OC)cc1)c1nc2c(OC)ccc(OC)c2s1.Cl. The third kappa shape index (κ3) is 5.78. The Labute approximate surface area is 209 Å². The number of thiazole rings is 1. The lowest BCUT2D eigenvalue weighted by atomic mass is 10.1. The molecule has 0 fully saturated rings. The van der Waals surface area contributed by atoms with E-state index in [9.17, 15) is 9.59 Å². The fraction of sp³-hybridized carbons (Fsp3) is 0.375. The van der Waals surface area contributed by atoms with Gasteiger partial charge in [0.15, 0.2) is 5.13 Å². The number of nitrogens with zero attached hydrogens (tertiary/aromatic N) is 3. The molecule has 3 aromatic rings. The van der Waals surface area contributed by atoms with E-state index in [1.807, 2.05) is 6.07 Å². The summed E-state index contributed by atoms with van der Waals surface area (Å²) in [5.41, 5.74) is 1.50. The summed E-state index contributed by atoms with van der Waals surface area (Å²) in [6, 6.07) is 10.1. The quantitative estimate of drug-likeness (QED) is 0.373. The molecule has 1 aromatic heterocycles. The number of hydrogen-bond donors (Lipinski definition) is 0. The van der Waals surface area contributed by atoms with Gasteiger partial charge in [0, 0.05) is 18.7 Å². The van der Waals surface area contributed by atoms with Gasteiger partial charge in [-0.1, -0.05) is 25.2 Å². The zero-order valence-electron chi connectivity index (χ0n) is 20.0. The van der Waals surface area contributed by atoms with Gasteiger partial charge >= 0.3 is 5.97 Å². The Morgan fingerprint density at radius 3 is 2.03 bits per heavy atom. The van der Waals surface area contributed by atoms with E-state index in [4.69, 9.17) is 19.2 Å². The highest BCUT2D eigenvalue weighted by Gasteiger charge is 2.24. The minimum absolute atomic E-state index is 0. The Morgan fingerprint density at radius 1 is 0.882 bits per heavy atom. The second-order valence-electron chi connectivity index (χ2n) is 7.20. The van der Waals surface area contributed by atoms with Crippen LogP contribution in [0.15, 0.2) is 36.4 Å². The highest BCUT2D eigenvalue weighted by molar-refractivity contribution is 7.22. The Morgan fingerprint density at radius 2 is 1.47 bits per heavy atom. The highest BCUT2D eigenvalue weighted by Crippen LogP contribution is 2.40. The molecule has 0 N–H and O–H groups in total. The second-order valence-corrected chi connectivity index (χ2v) is 8.17. The summed E-state index contributed by atoms with van der Waals surface area (Å²) in [7, 11) is 4.52. The summed E-state index contributed by atoms with van der Waals surface area (Å²) in [4.78, 5) is 34.0. The third-order valence-corrected chi connectivity index (χ3v) is 6.56. The third-order valence-electron chi connectivity index (χ3n) is 5.46. The number of likely N-dealkylation sites (N-methyl/N-ethyl adjacent to an activating group) is 1. The fourth-order valence-corrected chi connectivity index (χ4v) is 4.58. The Balaban J connectivity index is 0.00000408. The number of carbonyl (C=O) groups excluding carboxylic acids is 2. The molecule has 0 bridgehead atoms. The minimum atomic E-state index is -0.447. The predicted octanol–water partition coefficient (Wildman–Crippen LogP) is 4.51. The molecule has 1 heterocycles. The maximum atomic E-state index is 13.6. The van der Waals surface area contributed by atoms with Gasteiger partial charge in [-0.3, -0.25) is 9.69 Å². The van der Waals surface area contributed by atoms with Crippen LogP contribution in [-0.4, -0.2) is 69.3 Å². The average molecular weight is 508 g/mol. The van der Waals surface area contributed by atoms with Gasteiger partial charge in [-0.25, -0.2) is 9.78 Å². The number of anilines is 1. The number of esters is 1. The van der Waals surface area contributed by atoms with Crippen LogP contribution in [0.4, 0.5) is 5.13 Å². The Hall–Kier alpha value is -2.88. The van der Waals surface area contributed by atoms with E-state index in [1.54, 1.807) is 49.5 Å². The largest absolute Gasteiger partial charge is 0.495 e. The van der Waals surface area contributed by atoms with Crippen molar-refractivity contribution >= 4 is 51.0 Å². The van der Waals surface area contributed by atoms with Crippen LogP contribution < -0.4 is 14.4 Å². The number of fused-ring (bicyclic) bond motifs is 1. The van der Waals surface area contributed by atoms with Crippen molar-refractivity contribution in [2.24, 2.45) is 0 Å². The first-order chi connectivity index (χ1) is 16.0. The zero-order valence-corrected chi connectivity index (χ0v) is 21.6. The summed E-state index contributed by atoms with van der Waals surface area (Å²) >= 11 is 1.38. The molecule has 0 aliphatic heterocycles. The van der Waals surface area contributed by atoms with Gasteiger partial charge in [0.2, 0.25) is 0 Å². The number of carbonyl (C=O) groups is 2. The van der Waals surface area contributed by atoms with Gasteiger partial charge in [-0.05, 0) is 49.5 Å². The number of ether oxygens (including phenoxy) is 3. The van der Waals surface area contributed by atoms with Crippen LogP contribution in [0, 0.1) is 0 Å². The number of amides is 1. The minimum Gasteiger partial charge on any atom is -0.495 e. The molecule has 0 aliphatic carbocycles. The second kappa shape index (κ2) is 12.5. The van der Waals surface area contributed by atoms with Gasteiger partial charge in [0.25, 0.3) is 5.91 Å². The highest BCUT2D eigenvalue weighted by atomic mass is 35.5. The molecule has 0 saturated carbocycles. The molecule has 0 aliphatic rings. The molecule has 1 amide bonds. The molecule has 0 saturated heterocycles. The molecule has 184 valence electrons. The van der Waals surface area contributed by atoms with E-state index in [0.717, 1.165) is 17.8 Å². The molecular weight excluding hydrogens is 478 g/mol. The van der Waals surface area contributed by atoms with Crippen molar-refractivity contribution in [1.82, 2.24) is 9.88 Å². The van der Waals surface area contributed by atoms with Crippen molar-refractivity contribution in [2.45, 2.75) is 13.8 Å². The fourth-order valence-electron chi connectivity index (χ4n) is 3.48. The normalized spacial score (nSPS) is 10.6. The van der Waals surface area contributed by atoms with E-state index in [2.05, 4.69) is 18.7 Å². The summed E-state index contributed by atoms with van der Waals surface area (Å²) < 4.78 is 16.5. The number of benzene rings is 2. The van der Waals surface area contributed by atoms with Crippen molar-refractivity contribution < 1.29 is 23.8 Å². The average Bonchev–Trinajstić information content (AvgIpc) is 3.30. The number of aromatic nitrogens is 1. The van der Waals surface area contributed by atoms with Gasteiger partial charge in [-0.15, -0.1) is 12.4 Å². The first-order valence-electron chi connectivity index (χ1n) is 10.7. The molecule has 8 nitrogen and oxygen atoms in total. The van der Waals surface area contributed by atoms with Crippen molar-refractivity contribution in [2.75, 3.05) is 52.4 Å². The van der Waals surface area contributed by atoms with Crippen molar-refractivity contribution in [3.8, 4) is 11.5 Å². The summed E-state index contributed by atoms with van der Waals surface area (Å²) in [5.74, 6) is 0.647. The monoisotopic (exact) mass is 507 g/mol. The van der Waals surface area contributed by atoms with Crippen LogP contribution in [0.5, 0.6) is 11.5 Å². The lowest BCUT2D eigenvalue weighted by molar-refractivity contribution is 0.0600. The smallest absolute Gasteiger partial charge is 0.337 e. The van der Waals surface area contributed by atoms with E-state index < -0.39 is 5.97 Å². The maximum Gasteiger partial charge on any atom is 0.337 e. The number of rotatable bonds is 10. The van der Waals surface area contributed by atoms with Crippen molar-refractivity contribution in [3.63, 3.8) is 0 Å². The lowest BCUT2D eigenvalue weighted by Crippen LogP contribution is -2.38. The van der Waals surface area contributed by atoms with Gasteiger partial charge in [0.1, 0.15) is 21.7 Å². The van der Waals surface area contributed by atoms with Crippen LogP contribution in [-0.2, 0) is 4.74 Å². The van der Waals surface area contributed by atoms with Crippen LogP contribution in [0.2, 0.25) is 0 Å². The van der Waals surface area contributed by atoms with Gasteiger partial charge < -0.3 is 19.1 Å². The Kier molecular flexibility index (Phi) is 10.1. The van der Waals surface area contributed by atoms with Gasteiger partial charge in [0.05, 0.1) is 26.9 Å². The van der Waals surface area contributed by atoms with Crippen molar-refractivity contribution in [3.05, 3.63) is 47.5 Å². The zero-order chi connectivity index (χ0) is 24.0. The van der Waals surface area contributed by atoms with Crippen LogP contribution in [0.3, 0.4) is 0 Å². The van der Waals surface area contributed by atoms with Crippen LogP contribution in [0.1, 0.15) is 34.6 Å². The first-order valence-corrected chi connectivity index (χ1v) is 11.5. The summed E-state index contributed by atoms with van der Waals surface area (Å²) in [6.07, 6.45) is 0. The van der Waals surface area contributed by atoms with E-state index >= 15 is 0 Å². The lowest BCUT2D eigenvalue weighted by Gasteiger charge is -2.24. The molecular formula is C24H30ClN3O5S. The Bertz CT molecular complexity index is 1070. The molecule has 2 aromatic carbocycles. The predicted molar refractivity (Wildman–Crippen MR) is 137 cm³/mol. The first kappa shape index (κ1) is 27.4. The molecule has 0 spiro atoms. The number of methoxy groups -OCH3 is 3. The molecule has 0 atom stereocenters. The number of halogens is 1. The topological polar surface area (TPSA) is 81.2 Å². The van der Waals surface area contributed by atoms with E-state index in [1.165, 1.54) is 18.4 Å². The molecule has 34 heavy (non-hydrogen) atoms. The van der Waals surface area contributed by atoms with Crippen LogP contribution in [0.25, 0.3) is 10.2 Å². The molecule has 3 rings (SSSR count). The summed E-state index contributed by atoms with van der Waals surface area (Å²) in [5, 5.41) is 0.557. The molecule has 10 heteroatoms. The molecule has 0 radical (unpaired) electrons.